The predicted molar refractivity (Wildman–Crippen MR) is 77.6 cm³/mol. The second kappa shape index (κ2) is 6.94. The molecular weight excluding hydrogens is 362 g/mol. The molecule has 0 fully saturated rings. The molecule has 23 heavy (non-hydrogen) atoms. The minimum atomic E-state index is -5.30. The fourth-order valence-electron chi connectivity index (χ4n) is 1.46. The number of hydrogen-bond acceptors (Lipinski definition) is 4. The average molecular weight is 374 g/mol. The Bertz CT molecular complexity index is 620. The molecule has 128 valence electrons. The van der Waals surface area contributed by atoms with Gasteiger partial charge in [0.25, 0.3) is 5.91 Å². The lowest BCUT2D eigenvalue weighted by Gasteiger charge is -2.30. The Labute approximate surface area is 139 Å². The highest BCUT2D eigenvalue weighted by Crippen LogP contribution is 2.34. The summed E-state index contributed by atoms with van der Waals surface area (Å²) in [5.41, 5.74) is -4.13. The SMILES string of the molecule is CCOC(=O)N(C(=O)C(C)(O)C(F)(F)F)c1ccc(Cl)c(Cl)c1. The average Bonchev–Trinajstić information content (AvgIpc) is 2.42. The molecule has 1 atom stereocenters. The van der Waals surface area contributed by atoms with Crippen molar-refractivity contribution in [2.75, 3.05) is 11.5 Å². The molecule has 0 bridgehead atoms. The summed E-state index contributed by atoms with van der Waals surface area (Å²) in [5.74, 6) is -1.93. The van der Waals surface area contributed by atoms with Crippen LogP contribution in [-0.2, 0) is 9.53 Å². The van der Waals surface area contributed by atoms with Gasteiger partial charge in [0.15, 0.2) is 0 Å². The van der Waals surface area contributed by atoms with Gasteiger partial charge in [-0.05, 0) is 32.0 Å². The molecule has 1 rings (SSSR count). The number of aliphatic hydroxyl groups is 1. The highest BCUT2D eigenvalue weighted by atomic mass is 35.5. The third-order valence-corrected chi connectivity index (χ3v) is 3.52. The smallest absolute Gasteiger partial charge is 0.426 e. The third kappa shape index (κ3) is 4.07. The number of carbonyl (C=O) groups is 2. The van der Waals surface area contributed by atoms with Gasteiger partial charge in [0.05, 0.1) is 22.3 Å². The van der Waals surface area contributed by atoms with Gasteiger partial charge in [-0.25, -0.2) is 9.69 Å². The van der Waals surface area contributed by atoms with Crippen LogP contribution in [0.15, 0.2) is 18.2 Å². The zero-order chi connectivity index (χ0) is 18.0. The topological polar surface area (TPSA) is 66.8 Å². The molecule has 0 spiro atoms. The Morgan fingerprint density at radius 3 is 2.26 bits per heavy atom. The Balaban J connectivity index is 3.39. The first-order valence-electron chi connectivity index (χ1n) is 6.19. The maximum Gasteiger partial charge on any atom is 0.426 e. The molecule has 1 aromatic rings. The van der Waals surface area contributed by atoms with Crippen molar-refractivity contribution in [3.63, 3.8) is 0 Å². The second-order valence-electron chi connectivity index (χ2n) is 4.51. The zero-order valence-electron chi connectivity index (χ0n) is 11.9. The number of imide groups is 1. The summed E-state index contributed by atoms with van der Waals surface area (Å²) in [7, 11) is 0. The summed E-state index contributed by atoms with van der Waals surface area (Å²) in [4.78, 5) is 24.0. The lowest BCUT2D eigenvalue weighted by molar-refractivity contribution is -0.243. The number of amides is 2. The first-order valence-corrected chi connectivity index (χ1v) is 6.94. The van der Waals surface area contributed by atoms with Crippen LogP contribution in [0.4, 0.5) is 23.7 Å². The minimum absolute atomic E-state index is 0.0548. The van der Waals surface area contributed by atoms with Gasteiger partial charge in [-0.2, -0.15) is 13.2 Å². The maximum absolute atomic E-state index is 12.9. The first-order chi connectivity index (χ1) is 10.4. The number of alkyl halides is 3. The molecule has 0 aliphatic heterocycles. The lowest BCUT2D eigenvalue weighted by atomic mass is 10.0. The lowest BCUT2D eigenvalue weighted by Crippen LogP contribution is -2.57. The van der Waals surface area contributed by atoms with E-state index in [-0.39, 0.29) is 34.2 Å². The van der Waals surface area contributed by atoms with Crippen molar-refractivity contribution < 1.29 is 32.6 Å². The number of hydrogen-bond donors (Lipinski definition) is 1. The van der Waals surface area contributed by atoms with E-state index in [2.05, 4.69) is 4.74 Å². The second-order valence-corrected chi connectivity index (χ2v) is 5.32. The van der Waals surface area contributed by atoms with Crippen molar-refractivity contribution in [2.24, 2.45) is 0 Å². The molecule has 1 aromatic carbocycles. The molecule has 10 heteroatoms. The van der Waals surface area contributed by atoms with Gasteiger partial charge in [-0.15, -0.1) is 0 Å². The summed E-state index contributed by atoms with van der Waals surface area (Å²) < 4.78 is 43.1. The van der Waals surface area contributed by atoms with Gasteiger partial charge >= 0.3 is 12.3 Å². The van der Waals surface area contributed by atoms with Gasteiger partial charge in [-0.3, -0.25) is 4.79 Å². The van der Waals surface area contributed by atoms with E-state index in [4.69, 9.17) is 23.2 Å². The van der Waals surface area contributed by atoms with Crippen LogP contribution in [0.2, 0.25) is 10.0 Å². The predicted octanol–water partition coefficient (Wildman–Crippen LogP) is 3.80. The molecule has 0 radical (unpaired) electrons. The molecular formula is C13H12Cl2F3NO4. The maximum atomic E-state index is 12.9. The van der Waals surface area contributed by atoms with Crippen molar-refractivity contribution in [1.82, 2.24) is 0 Å². The van der Waals surface area contributed by atoms with Crippen molar-refractivity contribution in [3.8, 4) is 0 Å². The van der Waals surface area contributed by atoms with Crippen molar-refractivity contribution in [2.45, 2.75) is 25.6 Å². The van der Waals surface area contributed by atoms with E-state index < -0.39 is 23.8 Å². The Hall–Kier alpha value is -1.51. The first kappa shape index (κ1) is 19.5. The molecule has 0 saturated carbocycles. The van der Waals surface area contributed by atoms with Crippen molar-refractivity contribution >= 4 is 40.9 Å². The van der Waals surface area contributed by atoms with Gasteiger partial charge in [0.2, 0.25) is 5.60 Å². The number of carbonyl (C=O) groups excluding carboxylic acids is 2. The van der Waals surface area contributed by atoms with Gasteiger partial charge in [0.1, 0.15) is 0 Å². The van der Waals surface area contributed by atoms with Crippen LogP contribution in [-0.4, -0.2) is 35.5 Å². The van der Waals surface area contributed by atoms with Gasteiger partial charge in [-0.1, -0.05) is 23.2 Å². The number of benzene rings is 1. The summed E-state index contributed by atoms with van der Waals surface area (Å²) in [6.45, 7) is 1.44. The Kier molecular flexibility index (Phi) is 5.89. The van der Waals surface area contributed by atoms with Crippen LogP contribution >= 0.6 is 23.2 Å². The summed E-state index contributed by atoms with van der Waals surface area (Å²) in [6.07, 6.45) is -6.69. The van der Waals surface area contributed by atoms with Crippen LogP contribution in [0.5, 0.6) is 0 Å². The molecule has 1 N–H and O–H groups in total. The van der Waals surface area contributed by atoms with Gasteiger partial charge < -0.3 is 9.84 Å². The molecule has 1 unspecified atom stereocenters. The molecule has 2 amide bonds. The van der Waals surface area contributed by atoms with Gasteiger partial charge in [0, 0.05) is 0 Å². The van der Waals surface area contributed by atoms with Crippen LogP contribution in [0, 0.1) is 0 Å². The molecule has 0 aliphatic carbocycles. The largest absolute Gasteiger partial charge is 0.449 e. The highest BCUT2D eigenvalue weighted by molar-refractivity contribution is 6.42. The van der Waals surface area contributed by atoms with E-state index in [0.717, 1.165) is 12.1 Å². The summed E-state index contributed by atoms with van der Waals surface area (Å²) in [6, 6.07) is 3.28. The number of halogens is 5. The molecule has 0 heterocycles. The van der Waals surface area contributed by atoms with Crippen molar-refractivity contribution in [3.05, 3.63) is 28.2 Å². The molecule has 0 saturated heterocycles. The monoisotopic (exact) mass is 373 g/mol. The number of ether oxygens (including phenoxy) is 1. The van der Waals surface area contributed by atoms with Crippen LogP contribution in [0.3, 0.4) is 0 Å². The fraction of sp³-hybridized carbons (Fsp3) is 0.385. The standard InChI is InChI=1S/C13H12Cl2F3NO4/c1-3-23-11(21)19(7-4-5-8(14)9(15)6-7)10(20)12(2,22)13(16,17)18/h4-6,22H,3H2,1-2H3. The quantitative estimate of drug-likeness (QED) is 0.874. The molecule has 5 nitrogen and oxygen atoms in total. The van der Waals surface area contributed by atoms with E-state index in [1.165, 1.54) is 13.0 Å². The number of rotatable bonds is 3. The van der Waals surface area contributed by atoms with Crippen molar-refractivity contribution in [1.29, 1.82) is 0 Å². The molecule has 0 aromatic heterocycles. The van der Waals surface area contributed by atoms with E-state index in [1.54, 1.807) is 0 Å². The van der Waals surface area contributed by atoms with Crippen LogP contribution < -0.4 is 4.90 Å². The Morgan fingerprint density at radius 1 is 1.26 bits per heavy atom. The zero-order valence-corrected chi connectivity index (χ0v) is 13.5. The highest BCUT2D eigenvalue weighted by Gasteiger charge is 2.58. The van der Waals surface area contributed by atoms with Crippen LogP contribution in [0.1, 0.15) is 13.8 Å². The Morgan fingerprint density at radius 2 is 1.83 bits per heavy atom. The van der Waals surface area contributed by atoms with Crippen LogP contribution in [0.25, 0.3) is 0 Å². The number of nitrogens with zero attached hydrogens (tertiary/aromatic N) is 1. The normalized spacial score (nSPS) is 14.1. The molecule has 0 aliphatic rings. The van der Waals surface area contributed by atoms with E-state index >= 15 is 0 Å². The minimum Gasteiger partial charge on any atom is -0.449 e. The fourth-order valence-corrected chi connectivity index (χ4v) is 1.75. The third-order valence-electron chi connectivity index (χ3n) is 2.78. The van der Waals surface area contributed by atoms with E-state index in [0.29, 0.717) is 0 Å². The summed E-state index contributed by atoms with van der Waals surface area (Å²) in [5, 5.41) is 9.47. The van der Waals surface area contributed by atoms with E-state index in [9.17, 15) is 27.9 Å². The van der Waals surface area contributed by atoms with E-state index in [1.807, 2.05) is 0 Å². The summed E-state index contributed by atoms with van der Waals surface area (Å²) >= 11 is 11.4. The number of anilines is 1.